The van der Waals surface area contributed by atoms with Crippen LogP contribution in [0.25, 0.3) is 22.0 Å². The minimum Gasteiger partial charge on any atom is -0.198 e. The Hall–Kier alpha value is -2.15. The second-order valence-electron chi connectivity index (χ2n) is 7.98. The molecule has 0 saturated carbocycles. The zero-order valence-electron chi connectivity index (χ0n) is 18.1. The third-order valence-corrected chi connectivity index (χ3v) is 6.36. The molecule has 0 amide bonds. The SMILES string of the molecule is CCc1cc(CC)c(C)c(-c2c3ccc(C(C)CC)cc3cc(C)[n+]2C)c1. The number of fused-ring (bicyclic) bond motifs is 1. The number of aryl methyl sites for hydroxylation is 3. The fourth-order valence-corrected chi connectivity index (χ4v) is 4.12. The Morgan fingerprint density at radius 3 is 2.30 bits per heavy atom. The fourth-order valence-electron chi connectivity index (χ4n) is 4.12. The van der Waals surface area contributed by atoms with Crippen LogP contribution >= 0.6 is 0 Å². The van der Waals surface area contributed by atoms with E-state index in [0.717, 1.165) is 12.8 Å². The fraction of sp³-hybridized carbons (Fsp3) is 0.423. The van der Waals surface area contributed by atoms with Gasteiger partial charge in [-0.15, -0.1) is 0 Å². The lowest BCUT2D eigenvalue weighted by molar-refractivity contribution is -0.665. The van der Waals surface area contributed by atoms with E-state index in [1.807, 2.05) is 0 Å². The second kappa shape index (κ2) is 7.84. The lowest BCUT2D eigenvalue weighted by Crippen LogP contribution is -2.35. The maximum atomic E-state index is 2.41. The van der Waals surface area contributed by atoms with E-state index in [1.54, 1.807) is 0 Å². The molecular weight excluding hydrogens is 326 g/mol. The van der Waals surface area contributed by atoms with Crippen LogP contribution in [0.1, 0.15) is 68.0 Å². The Bertz CT molecular complexity index is 981. The van der Waals surface area contributed by atoms with Gasteiger partial charge in [0.15, 0.2) is 5.69 Å². The molecule has 0 bridgehead atoms. The first-order valence-electron chi connectivity index (χ1n) is 10.5. The van der Waals surface area contributed by atoms with Gasteiger partial charge in [0.1, 0.15) is 7.05 Å². The van der Waals surface area contributed by atoms with Crippen LogP contribution < -0.4 is 4.57 Å². The van der Waals surface area contributed by atoms with Gasteiger partial charge in [-0.25, -0.2) is 0 Å². The molecular formula is C26H34N+. The lowest BCUT2D eigenvalue weighted by atomic mass is 9.90. The minimum atomic E-state index is 0.601. The molecule has 142 valence electrons. The molecule has 27 heavy (non-hydrogen) atoms. The van der Waals surface area contributed by atoms with Gasteiger partial charge in [-0.05, 0) is 71.9 Å². The van der Waals surface area contributed by atoms with Crippen molar-refractivity contribution in [3.05, 3.63) is 64.3 Å². The predicted molar refractivity (Wildman–Crippen MR) is 117 cm³/mol. The molecule has 3 aromatic rings. The average molecular weight is 361 g/mol. The standard InChI is InChI=1S/C26H34N/c1-8-17(4)22-11-12-24-23(16-22)13-18(5)27(7)26(24)25-15-20(9-2)14-21(10-3)19(25)6/h11-17H,8-10H2,1-7H3/q+1. The van der Waals surface area contributed by atoms with Crippen molar-refractivity contribution in [2.75, 3.05) is 0 Å². The minimum absolute atomic E-state index is 0.601. The third kappa shape index (κ3) is 3.52. The smallest absolute Gasteiger partial charge is 0.198 e. The molecule has 1 aromatic heterocycles. The summed E-state index contributed by atoms with van der Waals surface area (Å²) in [7, 11) is 2.20. The quantitative estimate of drug-likeness (QED) is 0.452. The van der Waals surface area contributed by atoms with Crippen LogP contribution in [0.2, 0.25) is 0 Å². The van der Waals surface area contributed by atoms with Crippen LogP contribution in [-0.2, 0) is 19.9 Å². The summed E-state index contributed by atoms with van der Waals surface area (Å²) < 4.78 is 2.37. The molecule has 2 aromatic carbocycles. The molecule has 1 nitrogen and oxygen atoms in total. The first-order valence-corrected chi connectivity index (χ1v) is 10.5. The summed E-state index contributed by atoms with van der Waals surface area (Å²) in [6, 6.07) is 14.2. The average Bonchev–Trinajstić information content (AvgIpc) is 2.68. The molecule has 1 heteroatoms. The molecule has 3 rings (SSSR count). The maximum absolute atomic E-state index is 2.41. The summed E-state index contributed by atoms with van der Waals surface area (Å²) in [5.41, 5.74) is 9.80. The van der Waals surface area contributed by atoms with Gasteiger partial charge in [-0.1, -0.05) is 45.9 Å². The molecule has 0 fully saturated rings. The van der Waals surface area contributed by atoms with Crippen molar-refractivity contribution in [3.8, 4) is 11.3 Å². The summed E-state index contributed by atoms with van der Waals surface area (Å²) in [4.78, 5) is 0. The topological polar surface area (TPSA) is 3.88 Å². The van der Waals surface area contributed by atoms with Crippen LogP contribution in [0.4, 0.5) is 0 Å². The molecule has 0 aliphatic carbocycles. The van der Waals surface area contributed by atoms with Crippen molar-refractivity contribution in [1.82, 2.24) is 0 Å². The monoisotopic (exact) mass is 360 g/mol. The van der Waals surface area contributed by atoms with Crippen LogP contribution in [0, 0.1) is 13.8 Å². The lowest BCUT2D eigenvalue weighted by Gasteiger charge is -2.16. The normalized spacial score (nSPS) is 12.6. The number of aromatic nitrogens is 1. The first-order chi connectivity index (χ1) is 12.9. The third-order valence-electron chi connectivity index (χ3n) is 6.36. The summed E-state index contributed by atoms with van der Waals surface area (Å²) in [5, 5.41) is 2.71. The van der Waals surface area contributed by atoms with E-state index in [0.29, 0.717) is 5.92 Å². The van der Waals surface area contributed by atoms with E-state index in [4.69, 9.17) is 0 Å². The zero-order valence-corrected chi connectivity index (χ0v) is 18.1. The largest absolute Gasteiger partial charge is 0.220 e. The number of hydrogen-bond donors (Lipinski definition) is 0. The van der Waals surface area contributed by atoms with E-state index in [1.165, 1.54) is 56.4 Å². The number of hydrogen-bond acceptors (Lipinski definition) is 0. The molecule has 0 aliphatic heterocycles. The Labute approximate surface area is 165 Å². The summed E-state index contributed by atoms with van der Waals surface area (Å²) in [6.45, 7) is 13.6. The number of benzene rings is 2. The molecule has 0 spiro atoms. The van der Waals surface area contributed by atoms with Gasteiger partial charge in [0.05, 0.1) is 10.9 Å². The van der Waals surface area contributed by atoms with Crippen LogP contribution in [0.15, 0.2) is 36.4 Å². The Balaban J connectivity index is 2.36. The van der Waals surface area contributed by atoms with E-state index >= 15 is 0 Å². The Morgan fingerprint density at radius 2 is 1.67 bits per heavy atom. The highest BCUT2D eigenvalue weighted by atomic mass is 14.9. The molecule has 1 heterocycles. The van der Waals surface area contributed by atoms with Gasteiger partial charge in [0.25, 0.3) is 0 Å². The van der Waals surface area contributed by atoms with Gasteiger partial charge in [0.2, 0.25) is 5.69 Å². The van der Waals surface area contributed by atoms with Gasteiger partial charge in [0, 0.05) is 13.0 Å². The van der Waals surface area contributed by atoms with Gasteiger partial charge in [-0.3, -0.25) is 0 Å². The summed E-state index contributed by atoms with van der Waals surface area (Å²) in [5.74, 6) is 0.601. The van der Waals surface area contributed by atoms with E-state index < -0.39 is 0 Å². The zero-order chi connectivity index (χ0) is 19.7. The molecule has 1 atom stereocenters. The first kappa shape index (κ1) is 19.6. The molecule has 0 saturated heterocycles. The van der Waals surface area contributed by atoms with E-state index in [-0.39, 0.29) is 0 Å². The number of rotatable bonds is 5. The van der Waals surface area contributed by atoms with Crippen molar-refractivity contribution in [2.45, 2.75) is 66.7 Å². The van der Waals surface area contributed by atoms with Crippen molar-refractivity contribution >= 4 is 10.8 Å². The van der Waals surface area contributed by atoms with Gasteiger partial charge in [-0.2, -0.15) is 4.57 Å². The van der Waals surface area contributed by atoms with Crippen molar-refractivity contribution in [1.29, 1.82) is 0 Å². The molecule has 1 unspecified atom stereocenters. The van der Waals surface area contributed by atoms with Gasteiger partial charge >= 0.3 is 0 Å². The number of nitrogens with zero attached hydrogens (tertiary/aromatic N) is 1. The molecule has 0 N–H and O–H groups in total. The highest BCUT2D eigenvalue weighted by molar-refractivity contribution is 5.94. The van der Waals surface area contributed by atoms with E-state index in [9.17, 15) is 0 Å². The van der Waals surface area contributed by atoms with Crippen LogP contribution in [0.3, 0.4) is 0 Å². The maximum Gasteiger partial charge on any atom is 0.220 e. The summed E-state index contributed by atoms with van der Waals surface area (Å²) >= 11 is 0. The van der Waals surface area contributed by atoms with E-state index in [2.05, 4.69) is 89.6 Å². The Morgan fingerprint density at radius 1 is 0.926 bits per heavy atom. The van der Waals surface area contributed by atoms with Crippen LogP contribution in [0.5, 0.6) is 0 Å². The highest BCUT2D eigenvalue weighted by Gasteiger charge is 2.21. The number of pyridine rings is 1. The summed E-state index contributed by atoms with van der Waals surface area (Å²) in [6.07, 6.45) is 3.33. The highest BCUT2D eigenvalue weighted by Crippen LogP contribution is 2.33. The van der Waals surface area contributed by atoms with Gasteiger partial charge < -0.3 is 0 Å². The molecule has 0 radical (unpaired) electrons. The Kier molecular flexibility index (Phi) is 5.69. The van der Waals surface area contributed by atoms with Crippen LogP contribution in [-0.4, -0.2) is 0 Å². The van der Waals surface area contributed by atoms with Crippen molar-refractivity contribution in [2.24, 2.45) is 7.05 Å². The predicted octanol–water partition coefficient (Wildman–Crippen LogP) is 6.59. The van der Waals surface area contributed by atoms with Crippen molar-refractivity contribution in [3.63, 3.8) is 0 Å². The second-order valence-corrected chi connectivity index (χ2v) is 7.98. The molecule has 0 aliphatic rings. The van der Waals surface area contributed by atoms with Crippen molar-refractivity contribution < 1.29 is 4.57 Å².